The number of carboxylic acids is 2. The monoisotopic (exact) mass is 542 g/mol. The van der Waals surface area contributed by atoms with Crippen LogP contribution in [0.2, 0.25) is 0 Å². The number of nitrogens with zero attached hydrogens (tertiary/aromatic N) is 2. The molecule has 1 amide bonds. The Morgan fingerprint density at radius 3 is 1.64 bits per heavy atom. The van der Waals surface area contributed by atoms with Crippen molar-refractivity contribution in [2.45, 2.75) is 49.9 Å². The van der Waals surface area contributed by atoms with E-state index < -0.39 is 29.6 Å². The number of aliphatic hydroxyl groups is 2. The fraction of sp³-hybridized carbons (Fsp3) is 0.483. The molecule has 2 aliphatic heterocycles. The van der Waals surface area contributed by atoms with Gasteiger partial charge in [-0.1, -0.05) is 60.7 Å². The minimum atomic E-state index is -2.27. The largest absolute Gasteiger partial charge is 0.479 e. The van der Waals surface area contributed by atoms with Crippen LogP contribution in [0.15, 0.2) is 60.7 Å². The molecule has 4 N–H and O–H groups in total. The lowest BCUT2D eigenvalue weighted by Crippen LogP contribution is -2.52. The predicted molar refractivity (Wildman–Crippen MR) is 143 cm³/mol. The highest BCUT2D eigenvalue weighted by molar-refractivity contribution is 5.92. The van der Waals surface area contributed by atoms with Crippen LogP contribution in [-0.2, 0) is 24.5 Å². The Hall–Kier alpha value is -3.31. The number of hydrogen-bond acceptors (Lipinski definition) is 7. The number of ether oxygens (including phenoxy) is 1. The lowest BCUT2D eigenvalue weighted by Gasteiger charge is -2.42. The van der Waals surface area contributed by atoms with Crippen LogP contribution in [0.25, 0.3) is 0 Å². The van der Waals surface area contributed by atoms with E-state index in [2.05, 4.69) is 65.3 Å². The van der Waals surface area contributed by atoms with Crippen molar-refractivity contribution < 1.29 is 39.5 Å². The summed E-state index contributed by atoms with van der Waals surface area (Å²) in [6.07, 6.45) is -1.56. The second-order valence-electron chi connectivity index (χ2n) is 9.90. The molecule has 0 bridgehead atoms. The Bertz CT molecular complexity index is 1010. The van der Waals surface area contributed by atoms with Gasteiger partial charge in [0.2, 0.25) is 5.91 Å². The van der Waals surface area contributed by atoms with E-state index in [1.165, 1.54) is 0 Å². The van der Waals surface area contributed by atoms with Crippen LogP contribution in [0.4, 0.5) is 0 Å². The lowest BCUT2D eigenvalue weighted by molar-refractivity contribution is -0.165. The molecule has 2 aromatic rings. The summed E-state index contributed by atoms with van der Waals surface area (Å²) in [6, 6.07) is 21.1. The maximum absolute atomic E-state index is 14.2. The number of carbonyl (C=O) groups excluding carboxylic acids is 1. The number of aliphatic carboxylic acids is 2. The van der Waals surface area contributed by atoms with E-state index in [9.17, 15) is 14.4 Å². The summed E-state index contributed by atoms with van der Waals surface area (Å²) in [6.45, 7) is 7.40. The minimum Gasteiger partial charge on any atom is -0.479 e. The number of carbonyl (C=O) groups is 3. The van der Waals surface area contributed by atoms with E-state index in [0.29, 0.717) is 0 Å². The van der Waals surface area contributed by atoms with Crippen LogP contribution >= 0.6 is 0 Å². The number of rotatable bonds is 9. The molecule has 2 aromatic carbocycles. The maximum Gasteiger partial charge on any atom is 0.335 e. The number of morpholine rings is 1. The van der Waals surface area contributed by atoms with Gasteiger partial charge in [-0.05, 0) is 37.3 Å². The molecule has 2 unspecified atom stereocenters. The van der Waals surface area contributed by atoms with Crippen molar-refractivity contribution in [3.8, 4) is 0 Å². The number of benzene rings is 2. The van der Waals surface area contributed by atoms with Crippen LogP contribution in [0, 0.1) is 0 Å². The lowest BCUT2D eigenvalue weighted by atomic mass is 9.69. The summed E-state index contributed by atoms with van der Waals surface area (Å²) in [5, 5.41) is 32.5. The molecule has 10 nitrogen and oxygen atoms in total. The molecule has 2 heterocycles. The fourth-order valence-corrected chi connectivity index (χ4v) is 5.23. The van der Waals surface area contributed by atoms with Crippen molar-refractivity contribution >= 4 is 17.8 Å². The van der Waals surface area contributed by atoms with Crippen LogP contribution in [0.1, 0.15) is 37.3 Å². The summed E-state index contributed by atoms with van der Waals surface area (Å²) in [4.78, 5) is 38.3. The average molecular weight is 543 g/mol. The highest BCUT2D eigenvalue weighted by Gasteiger charge is 2.46. The highest BCUT2D eigenvalue weighted by Crippen LogP contribution is 2.40. The van der Waals surface area contributed by atoms with Crippen molar-refractivity contribution in [2.24, 2.45) is 0 Å². The zero-order valence-corrected chi connectivity index (χ0v) is 22.2. The fourth-order valence-electron chi connectivity index (χ4n) is 5.23. The molecule has 2 aliphatic rings. The zero-order chi connectivity index (χ0) is 28.4. The van der Waals surface area contributed by atoms with E-state index >= 15 is 0 Å². The Kier molecular flexibility index (Phi) is 11.0. The number of likely N-dealkylation sites (tertiary alicyclic amines) is 1. The molecule has 0 saturated carbocycles. The van der Waals surface area contributed by atoms with Gasteiger partial charge in [0, 0.05) is 32.2 Å². The van der Waals surface area contributed by atoms with E-state index in [0.717, 1.165) is 69.8 Å². The first-order valence-electron chi connectivity index (χ1n) is 13.2. The molecule has 0 radical (unpaired) electrons. The zero-order valence-electron chi connectivity index (χ0n) is 22.2. The number of aliphatic hydroxyl groups excluding tert-OH is 2. The van der Waals surface area contributed by atoms with Crippen LogP contribution in [0.5, 0.6) is 0 Å². The summed E-state index contributed by atoms with van der Waals surface area (Å²) >= 11 is 0. The van der Waals surface area contributed by atoms with E-state index in [1.807, 2.05) is 12.1 Å². The second kappa shape index (κ2) is 14.2. The Morgan fingerprint density at radius 1 is 0.795 bits per heavy atom. The number of hydrogen-bond donors (Lipinski definition) is 4. The van der Waals surface area contributed by atoms with Crippen LogP contribution in [-0.4, -0.2) is 106 Å². The van der Waals surface area contributed by atoms with Crippen LogP contribution < -0.4 is 0 Å². The smallest absolute Gasteiger partial charge is 0.335 e. The molecule has 4 rings (SSSR count). The van der Waals surface area contributed by atoms with Crippen molar-refractivity contribution in [3.63, 3.8) is 0 Å². The first-order chi connectivity index (χ1) is 18.7. The molecule has 3 atom stereocenters. The average Bonchev–Trinajstić information content (AvgIpc) is 3.51. The highest BCUT2D eigenvalue weighted by atomic mass is 16.5. The number of amides is 1. The second-order valence-corrected chi connectivity index (χ2v) is 9.90. The van der Waals surface area contributed by atoms with Gasteiger partial charge in [-0.3, -0.25) is 9.69 Å². The van der Waals surface area contributed by atoms with Gasteiger partial charge in [-0.25, -0.2) is 9.59 Å². The third-order valence-corrected chi connectivity index (χ3v) is 7.37. The Balaban J connectivity index is 0.000000360. The molecule has 39 heavy (non-hydrogen) atoms. The summed E-state index contributed by atoms with van der Waals surface area (Å²) in [5.74, 6) is -3.28. The van der Waals surface area contributed by atoms with Gasteiger partial charge in [0.1, 0.15) is 5.41 Å². The van der Waals surface area contributed by atoms with Gasteiger partial charge in [0.05, 0.1) is 13.2 Å². The third kappa shape index (κ3) is 7.42. The normalized spacial score (nSPS) is 18.4. The molecule has 0 aliphatic carbocycles. The topological polar surface area (TPSA) is 148 Å². The standard InChI is InChI=1S/C25H32N2O2.C4H6O6/c1-21(26-16-18-29-19-17-26)20-25(22-10-4-2-5-11-22,23-12-6-3-7-13-23)24(28)27-14-8-9-15-27;5-1(3(7)8)2(6)4(9)10/h2-7,10-13,21H,8-9,14-20H2,1H3;1-2,5-6H,(H,7,8)(H,9,10)/t21-;/m0./s1. The van der Waals surface area contributed by atoms with Gasteiger partial charge in [0.25, 0.3) is 0 Å². The Morgan fingerprint density at radius 2 is 1.23 bits per heavy atom. The summed E-state index contributed by atoms with van der Waals surface area (Å²) in [7, 11) is 0. The van der Waals surface area contributed by atoms with Gasteiger partial charge >= 0.3 is 11.9 Å². The summed E-state index contributed by atoms with van der Waals surface area (Å²) in [5.41, 5.74) is 1.54. The Labute approximate surface area is 228 Å². The molecule has 212 valence electrons. The molecule has 0 aromatic heterocycles. The van der Waals surface area contributed by atoms with E-state index in [4.69, 9.17) is 25.2 Å². The van der Waals surface area contributed by atoms with E-state index in [-0.39, 0.29) is 11.9 Å². The van der Waals surface area contributed by atoms with Crippen molar-refractivity contribution in [1.29, 1.82) is 0 Å². The SMILES string of the molecule is C[C@@H](CC(C(=O)N1CCCC1)(c1ccccc1)c1ccccc1)N1CCOCC1.O=C(O)C(O)C(O)C(=O)O. The van der Waals surface area contributed by atoms with Crippen molar-refractivity contribution in [2.75, 3.05) is 39.4 Å². The molecular weight excluding hydrogens is 504 g/mol. The predicted octanol–water partition coefficient (Wildman–Crippen LogP) is 1.58. The first-order valence-corrected chi connectivity index (χ1v) is 13.2. The molecule has 2 saturated heterocycles. The van der Waals surface area contributed by atoms with Gasteiger partial charge < -0.3 is 30.1 Å². The first kappa shape index (κ1) is 30.2. The molecular formula is C29H38N2O8. The summed E-state index contributed by atoms with van der Waals surface area (Å²) < 4.78 is 5.56. The van der Waals surface area contributed by atoms with Crippen molar-refractivity contribution in [3.05, 3.63) is 71.8 Å². The third-order valence-electron chi connectivity index (χ3n) is 7.37. The van der Waals surface area contributed by atoms with E-state index in [1.54, 1.807) is 0 Å². The molecule has 2 fully saturated rings. The van der Waals surface area contributed by atoms with Gasteiger partial charge in [-0.15, -0.1) is 0 Å². The van der Waals surface area contributed by atoms with Gasteiger partial charge in [0.15, 0.2) is 12.2 Å². The minimum absolute atomic E-state index is 0.257. The van der Waals surface area contributed by atoms with Crippen LogP contribution in [0.3, 0.4) is 0 Å². The molecule has 0 spiro atoms. The maximum atomic E-state index is 14.2. The van der Waals surface area contributed by atoms with Gasteiger partial charge in [-0.2, -0.15) is 0 Å². The quantitative estimate of drug-likeness (QED) is 0.371. The number of carboxylic acid groups (broad SMARTS) is 2. The molecule has 10 heteroatoms. The van der Waals surface area contributed by atoms with Crippen molar-refractivity contribution in [1.82, 2.24) is 9.80 Å².